The lowest BCUT2D eigenvalue weighted by atomic mass is 10.2. The van der Waals surface area contributed by atoms with Crippen LogP contribution in [0.5, 0.6) is 0 Å². The van der Waals surface area contributed by atoms with Gasteiger partial charge in [0.2, 0.25) is 5.89 Å². The minimum absolute atomic E-state index is 0.0258. The zero-order valence-electron chi connectivity index (χ0n) is 11.5. The molecule has 8 heteroatoms. The number of amides is 1. The minimum Gasteiger partial charge on any atom is -0.418 e. The topological polar surface area (TPSA) is 80.9 Å². The smallest absolute Gasteiger partial charge is 0.259 e. The molecular formula is C14H11FN4O2S. The van der Waals surface area contributed by atoms with Gasteiger partial charge in [0.1, 0.15) is 10.7 Å². The largest absolute Gasteiger partial charge is 0.418 e. The third-order valence-corrected chi connectivity index (χ3v) is 3.84. The number of aryl methyl sites for hydroxylation is 1. The minimum atomic E-state index is -0.577. The lowest BCUT2D eigenvalue weighted by Crippen LogP contribution is -2.23. The fourth-order valence-corrected chi connectivity index (χ4v) is 2.54. The highest BCUT2D eigenvalue weighted by atomic mass is 32.1. The Morgan fingerprint density at radius 1 is 1.36 bits per heavy atom. The van der Waals surface area contributed by atoms with E-state index in [2.05, 4.69) is 20.5 Å². The monoisotopic (exact) mass is 318 g/mol. The number of rotatable bonds is 4. The number of nitrogens with zero attached hydrogens (tertiary/aromatic N) is 3. The first-order valence-electron chi connectivity index (χ1n) is 6.40. The maximum absolute atomic E-state index is 13.5. The average Bonchev–Trinajstić information content (AvgIpc) is 3.13. The van der Waals surface area contributed by atoms with Crippen molar-refractivity contribution in [1.82, 2.24) is 20.5 Å². The second-order valence-corrected chi connectivity index (χ2v) is 5.29. The van der Waals surface area contributed by atoms with E-state index in [9.17, 15) is 9.18 Å². The Kier molecular flexibility index (Phi) is 3.92. The summed E-state index contributed by atoms with van der Waals surface area (Å²) in [6.07, 6.45) is 0. The van der Waals surface area contributed by atoms with E-state index >= 15 is 0 Å². The molecule has 0 saturated carbocycles. The van der Waals surface area contributed by atoms with Crippen LogP contribution >= 0.6 is 11.3 Å². The van der Waals surface area contributed by atoms with Crippen LogP contribution in [-0.4, -0.2) is 21.1 Å². The fourth-order valence-electron chi connectivity index (χ4n) is 1.82. The summed E-state index contributed by atoms with van der Waals surface area (Å²) < 4.78 is 18.9. The van der Waals surface area contributed by atoms with Crippen molar-refractivity contribution in [3.8, 4) is 10.8 Å². The van der Waals surface area contributed by atoms with E-state index in [1.165, 1.54) is 29.5 Å². The SMILES string of the molecule is Cc1ncsc1-c1nnc(CNC(=O)c2ccccc2F)o1. The van der Waals surface area contributed by atoms with E-state index in [0.717, 1.165) is 10.6 Å². The fraction of sp³-hybridized carbons (Fsp3) is 0.143. The zero-order chi connectivity index (χ0) is 15.5. The van der Waals surface area contributed by atoms with Gasteiger partial charge in [-0.2, -0.15) is 0 Å². The van der Waals surface area contributed by atoms with Gasteiger partial charge in [-0.25, -0.2) is 9.37 Å². The van der Waals surface area contributed by atoms with Crippen molar-refractivity contribution in [3.05, 3.63) is 52.7 Å². The number of carbonyl (C=O) groups is 1. The van der Waals surface area contributed by atoms with Crippen LogP contribution in [0, 0.1) is 12.7 Å². The van der Waals surface area contributed by atoms with Crippen LogP contribution in [0.1, 0.15) is 21.9 Å². The molecule has 0 fully saturated rings. The number of benzene rings is 1. The third kappa shape index (κ3) is 2.86. The number of hydrogen-bond acceptors (Lipinski definition) is 6. The molecule has 0 unspecified atom stereocenters. The predicted octanol–water partition coefficient (Wildman–Crippen LogP) is 2.57. The molecule has 0 aliphatic carbocycles. The Bertz CT molecular complexity index is 815. The van der Waals surface area contributed by atoms with Gasteiger partial charge in [-0.1, -0.05) is 12.1 Å². The molecule has 3 rings (SSSR count). The van der Waals surface area contributed by atoms with E-state index in [1.807, 2.05) is 6.92 Å². The summed E-state index contributed by atoms with van der Waals surface area (Å²) in [6.45, 7) is 1.87. The first-order valence-corrected chi connectivity index (χ1v) is 7.28. The molecule has 2 heterocycles. The summed E-state index contributed by atoms with van der Waals surface area (Å²) >= 11 is 1.39. The summed E-state index contributed by atoms with van der Waals surface area (Å²) in [5.41, 5.74) is 2.46. The maximum atomic E-state index is 13.5. The van der Waals surface area contributed by atoms with E-state index in [0.29, 0.717) is 5.89 Å². The molecule has 0 aliphatic rings. The highest BCUT2D eigenvalue weighted by Crippen LogP contribution is 2.25. The van der Waals surface area contributed by atoms with Crippen LogP contribution in [-0.2, 0) is 6.54 Å². The zero-order valence-corrected chi connectivity index (χ0v) is 12.4. The van der Waals surface area contributed by atoms with Gasteiger partial charge in [-0.3, -0.25) is 4.79 Å². The number of halogens is 1. The molecule has 0 atom stereocenters. The first-order chi connectivity index (χ1) is 10.6. The van der Waals surface area contributed by atoms with Gasteiger partial charge in [-0.15, -0.1) is 21.5 Å². The van der Waals surface area contributed by atoms with Crippen LogP contribution in [0.15, 0.2) is 34.2 Å². The molecule has 1 amide bonds. The maximum Gasteiger partial charge on any atom is 0.259 e. The van der Waals surface area contributed by atoms with Crippen molar-refractivity contribution in [3.63, 3.8) is 0 Å². The first kappa shape index (κ1) is 14.3. The lowest BCUT2D eigenvalue weighted by Gasteiger charge is -2.03. The molecule has 0 radical (unpaired) electrons. The van der Waals surface area contributed by atoms with Gasteiger partial charge in [0.25, 0.3) is 11.8 Å². The van der Waals surface area contributed by atoms with E-state index in [4.69, 9.17) is 4.42 Å². The standard InChI is InChI=1S/C14H11FN4O2S/c1-8-12(22-7-17-8)14-19-18-11(21-14)6-16-13(20)9-4-2-3-5-10(9)15/h2-5,7H,6H2,1H3,(H,16,20). The summed E-state index contributed by atoms with van der Waals surface area (Å²) in [6, 6.07) is 5.75. The molecule has 3 aromatic rings. The van der Waals surface area contributed by atoms with Crippen molar-refractivity contribution in [2.24, 2.45) is 0 Å². The second-order valence-electron chi connectivity index (χ2n) is 4.43. The molecule has 0 saturated heterocycles. The predicted molar refractivity (Wildman–Crippen MR) is 77.7 cm³/mol. The van der Waals surface area contributed by atoms with Crippen LogP contribution in [0.2, 0.25) is 0 Å². The molecule has 22 heavy (non-hydrogen) atoms. The second kappa shape index (κ2) is 6.02. The molecule has 0 spiro atoms. The van der Waals surface area contributed by atoms with E-state index in [1.54, 1.807) is 11.6 Å². The quantitative estimate of drug-likeness (QED) is 0.799. The van der Waals surface area contributed by atoms with Crippen molar-refractivity contribution < 1.29 is 13.6 Å². The molecule has 0 bridgehead atoms. The lowest BCUT2D eigenvalue weighted by molar-refractivity contribution is 0.0943. The molecule has 1 N–H and O–H groups in total. The average molecular weight is 318 g/mol. The number of thiazole rings is 1. The third-order valence-electron chi connectivity index (χ3n) is 2.93. The van der Waals surface area contributed by atoms with Gasteiger partial charge in [0.15, 0.2) is 0 Å². The van der Waals surface area contributed by atoms with Crippen molar-refractivity contribution >= 4 is 17.2 Å². The van der Waals surface area contributed by atoms with Gasteiger partial charge in [-0.05, 0) is 19.1 Å². The highest BCUT2D eigenvalue weighted by molar-refractivity contribution is 7.13. The van der Waals surface area contributed by atoms with Crippen molar-refractivity contribution in [1.29, 1.82) is 0 Å². The molecular weight excluding hydrogens is 307 g/mol. The van der Waals surface area contributed by atoms with E-state index < -0.39 is 11.7 Å². The summed E-state index contributed by atoms with van der Waals surface area (Å²) in [4.78, 5) is 16.8. The van der Waals surface area contributed by atoms with Gasteiger partial charge < -0.3 is 9.73 Å². The van der Waals surface area contributed by atoms with Gasteiger partial charge in [0.05, 0.1) is 23.3 Å². The number of aromatic nitrogens is 3. The Morgan fingerprint density at radius 3 is 2.91 bits per heavy atom. The number of hydrogen-bond donors (Lipinski definition) is 1. The van der Waals surface area contributed by atoms with Crippen molar-refractivity contribution in [2.75, 3.05) is 0 Å². The molecule has 6 nitrogen and oxygen atoms in total. The summed E-state index contributed by atoms with van der Waals surface area (Å²) in [5, 5.41) is 10.3. The van der Waals surface area contributed by atoms with Crippen LogP contribution in [0.25, 0.3) is 10.8 Å². The van der Waals surface area contributed by atoms with Gasteiger partial charge in [0, 0.05) is 0 Å². The van der Waals surface area contributed by atoms with Crippen LogP contribution in [0.4, 0.5) is 4.39 Å². The van der Waals surface area contributed by atoms with Gasteiger partial charge >= 0.3 is 0 Å². The summed E-state index contributed by atoms with van der Waals surface area (Å²) in [5.74, 6) is -0.513. The Labute approximate surface area is 129 Å². The Hall–Kier alpha value is -2.61. The highest BCUT2D eigenvalue weighted by Gasteiger charge is 2.15. The normalized spacial score (nSPS) is 10.6. The Morgan fingerprint density at radius 2 is 2.18 bits per heavy atom. The number of nitrogens with one attached hydrogen (secondary N) is 1. The molecule has 112 valence electrons. The van der Waals surface area contributed by atoms with E-state index in [-0.39, 0.29) is 18.0 Å². The molecule has 1 aromatic carbocycles. The number of carbonyl (C=O) groups excluding carboxylic acids is 1. The van der Waals surface area contributed by atoms with Crippen LogP contribution in [0.3, 0.4) is 0 Å². The van der Waals surface area contributed by atoms with Crippen LogP contribution < -0.4 is 5.32 Å². The molecule has 2 aromatic heterocycles. The molecule has 0 aliphatic heterocycles. The van der Waals surface area contributed by atoms with Crippen molar-refractivity contribution in [2.45, 2.75) is 13.5 Å². The summed E-state index contributed by atoms with van der Waals surface area (Å²) in [7, 11) is 0. The Balaban J connectivity index is 1.68.